The van der Waals surface area contributed by atoms with Crippen LogP contribution in [-0.2, 0) is 4.79 Å². The van der Waals surface area contributed by atoms with E-state index in [1.165, 1.54) is 12.8 Å². The number of aromatic amines is 1. The standard InChI is InChI=1S/C18H23N5O/c24-18(13-6-1-2-7-13)23-11-4-3-9-15(23)17-20-16(21-22-17)14-8-5-10-19-12-14/h5,8,10,12-13,15H,1-4,6-7,9,11H2,(H,20,21,22). The first kappa shape index (κ1) is 15.3. The second-order valence-electron chi connectivity index (χ2n) is 6.81. The largest absolute Gasteiger partial charge is 0.332 e. The number of likely N-dealkylation sites (tertiary alicyclic amines) is 1. The van der Waals surface area contributed by atoms with Gasteiger partial charge in [0, 0.05) is 30.4 Å². The topological polar surface area (TPSA) is 74.8 Å². The highest BCUT2D eigenvalue weighted by molar-refractivity contribution is 5.79. The van der Waals surface area contributed by atoms with Crippen LogP contribution in [0.3, 0.4) is 0 Å². The van der Waals surface area contributed by atoms with E-state index in [9.17, 15) is 4.79 Å². The number of hydrogen-bond donors (Lipinski definition) is 1. The molecule has 4 rings (SSSR count). The molecule has 3 heterocycles. The summed E-state index contributed by atoms with van der Waals surface area (Å²) in [6, 6.07) is 3.86. The summed E-state index contributed by atoms with van der Waals surface area (Å²) < 4.78 is 0. The molecule has 2 aliphatic rings. The number of H-pyrrole nitrogens is 1. The van der Waals surface area contributed by atoms with Crippen LogP contribution >= 0.6 is 0 Å². The van der Waals surface area contributed by atoms with E-state index in [1.807, 2.05) is 17.0 Å². The van der Waals surface area contributed by atoms with Crippen LogP contribution in [0.1, 0.15) is 56.8 Å². The SMILES string of the molecule is O=C(C1CCCC1)N1CCCCC1c1nc(-c2cccnc2)n[nH]1. The van der Waals surface area contributed by atoms with Gasteiger partial charge in [0.15, 0.2) is 5.82 Å². The highest BCUT2D eigenvalue weighted by Gasteiger charge is 2.35. The molecule has 2 aromatic rings. The van der Waals surface area contributed by atoms with Crippen molar-refractivity contribution >= 4 is 5.91 Å². The predicted octanol–water partition coefficient (Wildman–Crippen LogP) is 3.11. The van der Waals surface area contributed by atoms with Gasteiger partial charge in [0.05, 0.1) is 6.04 Å². The number of nitrogens with zero attached hydrogens (tertiary/aromatic N) is 4. The molecule has 126 valence electrons. The maximum Gasteiger partial charge on any atom is 0.226 e. The van der Waals surface area contributed by atoms with E-state index in [-0.39, 0.29) is 12.0 Å². The van der Waals surface area contributed by atoms with Crippen LogP contribution < -0.4 is 0 Å². The van der Waals surface area contributed by atoms with Crippen molar-refractivity contribution in [2.75, 3.05) is 6.54 Å². The number of piperidine rings is 1. The lowest BCUT2D eigenvalue weighted by atomic mass is 9.98. The first-order valence-corrected chi connectivity index (χ1v) is 8.96. The third kappa shape index (κ3) is 2.92. The van der Waals surface area contributed by atoms with Crippen LogP contribution in [0.2, 0.25) is 0 Å². The summed E-state index contributed by atoms with van der Waals surface area (Å²) in [6.45, 7) is 0.836. The second-order valence-corrected chi connectivity index (χ2v) is 6.81. The number of carbonyl (C=O) groups is 1. The molecule has 6 heteroatoms. The van der Waals surface area contributed by atoms with Gasteiger partial charge < -0.3 is 4.90 Å². The lowest BCUT2D eigenvalue weighted by molar-refractivity contribution is -0.139. The Hall–Kier alpha value is -2.24. The third-order valence-corrected chi connectivity index (χ3v) is 5.23. The fourth-order valence-electron chi connectivity index (χ4n) is 3.93. The van der Waals surface area contributed by atoms with Crippen molar-refractivity contribution < 1.29 is 4.79 Å². The quantitative estimate of drug-likeness (QED) is 0.941. The summed E-state index contributed by atoms with van der Waals surface area (Å²) in [4.78, 5) is 23.7. The van der Waals surface area contributed by atoms with E-state index in [1.54, 1.807) is 12.4 Å². The minimum atomic E-state index is 0.0322. The van der Waals surface area contributed by atoms with Crippen LogP contribution in [0.25, 0.3) is 11.4 Å². The number of pyridine rings is 1. The van der Waals surface area contributed by atoms with Crippen molar-refractivity contribution in [2.45, 2.75) is 51.0 Å². The normalized spacial score (nSPS) is 22.0. The third-order valence-electron chi connectivity index (χ3n) is 5.23. The van der Waals surface area contributed by atoms with E-state index >= 15 is 0 Å². The van der Waals surface area contributed by atoms with Crippen LogP contribution in [0, 0.1) is 5.92 Å². The number of nitrogens with one attached hydrogen (secondary N) is 1. The summed E-state index contributed by atoms with van der Waals surface area (Å²) >= 11 is 0. The van der Waals surface area contributed by atoms with Crippen LogP contribution in [0.15, 0.2) is 24.5 Å². The minimum Gasteiger partial charge on any atom is -0.332 e. The first-order chi connectivity index (χ1) is 11.8. The Balaban J connectivity index is 1.57. The van der Waals surface area contributed by atoms with Crippen molar-refractivity contribution in [2.24, 2.45) is 5.92 Å². The van der Waals surface area contributed by atoms with Gasteiger partial charge in [0.2, 0.25) is 5.91 Å². The molecule has 2 aromatic heterocycles. The van der Waals surface area contributed by atoms with Gasteiger partial charge in [-0.2, -0.15) is 5.10 Å². The molecule has 1 saturated carbocycles. The first-order valence-electron chi connectivity index (χ1n) is 8.96. The number of hydrogen-bond acceptors (Lipinski definition) is 4. The second kappa shape index (κ2) is 6.71. The predicted molar refractivity (Wildman–Crippen MR) is 89.9 cm³/mol. The van der Waals surface area contributed by atoms with E-state index in [2.05, 4.69) is 20.2 Å². The lowest BCUT2D eigenvalue weighted by Gasteiger charge is -2.36. The van der Waals surface area contributed by atoms with Gasteiger partial charge in [0.1, 0.15) is 5.82 Å². The maximum absolute atomic E-state index is 12.9. The van der Waals surface area contributed by atoms with Crippen molar-refractivity contribution in [3.8, 4) is 11.4 Å². The molecule has 0 radical (unpaired) electrons. The smallest absolute Gasteiger partial charge is 0.226 e. The van der Waals surface area contributed by atoms with E-state index < -0.39 is 0 Å². The Labute approximate surface area is 141 Å². The van der Waals surface area contributed by atoms with E-state index in [4.69, 9.17) is 0 Å². The molecule has 2 fully saturated rings. The molecule has 1 N–H and O–H groups in total. The molecule has 1 aliphatic carbocycles. The molecule has 1 atom stereocenters. The number of rotatable bonds is 3. The van der Waals surface area contributed by atoms with Crippen molar-refractivity contribution in [1.29, 1.82) is 0 Å². The fraction of sp³-hybridized carbons (Fsp3) is 0.556. The highest BCUT2D eigenvalue weighted by Crippen LogP contribution is 2.34. The number of aromatic nitrogens is 4. The molecule has 1 unspecified atom stereocenters. The Morgan fingerprint density at radius 2 is 2.00 bits per heavy atom. The van der Waals surface area contributed by atoms with Crippen LogP contribution in [0.5, 0.6) is 0 Å². The van der Waals surface area contributed by atoms with Gasteiger partial charge in [-0.05, 0) is 44.2 Å². The number of amides is 1. The molecule has 0 bridgehead atoms. The monoisotopic (exact) mass is 325 g/mol. The van der Waals surface area contributed by atoms with Gasteiger partial charge >= 0.3 is 0 Å². The maximum atomic E-state index is 12.9. The zero-order valence-electron chi connectivity index (χ0n) is 13.8. The highest BCUT2D eigenvalue weighted by atomic mass is 16.2. The molecule has 0 aromatic carbocycles. The fourth-order valence-corrected chi connectivity index (χ4v) is 3.93. The summed E-state index contributed by atoms with van der Waals surface area (Å²) in [5.74, 6) is 1.99. The summed E-state index contributed by atoms with van der Waals surface area (Å²) in [7, 11) is 0. The summed E-state index contributed by atoms with van der Waals surface area (Å²) in [6.07, 6.45) is 11.1. The molecular formula is C18H23N5O. The van der Waals surface area contributed by atoms with Crippen molar-refractivity contribution in [3.05, 3.63) is 30.4 Å². The molecule has 1 aliphatic heterocycles. The summed E-state index contributed by atoms with van der Waals surface area (Å²) in [5.41, 5.74) is 0.893. The Bertz CT molecular complexity index is 692. The van der Waals surface area contributed by atoms with E-state index in [0.717, 1.165) is 50.0 Å². The Morgan fingerprint density at radius 3 is 2.79 bits per heavy atom. The Kier molecular flexibility index (Phi) is 4.28. The molecule has 1 amide bonds. The minimum absolute atomic E-state index is 0.0322. The molecule has 1 saturated heterocycles. The molecule has 0 spiro atoms. The van der Waals surface area contributed by atoms with Gasteiger partial charge in [-0.15, -0.1) is 0 Å². The van der Waals surface area contributed by atoms with Crippen molar-refractivity contribution in [1.82, 2.24) is 25.1 Å². The van der Waals surface area contributed by atoms with Crippen LogP contribution in [0.4, 0.5) is 0 Å². The van der Waals surface area contributed by atoms with Gasteiger partial charge in [0.25, 0.3) is 0 Å². The molecule has 6 nitrogen and oxygen atoms in total. The zero-order chi connectivity index (χ0) is 16.4. The average Bonchev–Trinajstić information content (AvgIpc) is 3.34. The number of carbonyl (C=O) groups excluding carboxylic acids is 1. The lowest BCUT2D eigenvalue weighted by Crippen LogP contribution is -2.41. The van der Waals surface area contributed by atoms with Crippen LogP contribution in [-0.4, -0.2) is 37.5 Å². The van der Waals surface area contributed by atoms with Gasteiger partial charge in [-0.3, -0.25) is 14.9 Å². The van der Waals surface area contributed by atoms with E-state index in [0.29, 0.717) is 11.7 Å². The Morgan fingerprint density at radius 1 is 1.17 bits per heavy atom. The molecular weight excluding hydrogens is 302 g/mol. The molecule has 24 heavy (non-hydrogen) atoms. The summed E-state index contributed by atoms with van der Waals surface area (Å²) in [5, 5.41) is 7.41. The average molecular weight is 325 g/mol. The zero-order valence-corrected chi connectivity index (χ0v) is 13.8. The van der Waals surface area contributed by atoms with Crippen molar-refractivity contribution in [3.63, 3.8) is 0 Å². The van der Waals surface area contributed by atoms with Gasteiger partial charge in [-0.1, -0.05) is 12.8 Å². The van der Waals surface area contributed by atoms with Gasteiger partial charge in [-0.25, -0.2) is 4.98 Å².